The van der Waals surface area contributed by atoms with Crippen molar-refractivity contribution in [3.05, 3.63) is 65.7 Å². The fourth-order valence-electron chi connectivity index (χ4n) is 4.36. The Kier molecular flexibility index (Phi) is 5.26. The summed E-state index contributed by atoms with van der Waals surface area (Å²) in [5, 5.41) is 8.58. The second-order valence-electron chi connectivity index (χ2n) is 8.22. The van der Waals surface area contributed by atoms with Crippen LogP contribution in [0.3, 0.4) is 0 Å². The van der Waals surface area contributed by atoms with Crippen LogP contribution in [0.4, 0.5) is 5.82 Å². The van der Waals surface area contributed by atoms with Gasteiger partial charge in [-0.25, -0.2) is 14.6 Å². The van der Waals surface area contributed by atoms with Crippen molar-refractivity contribution in [2.45, 2.75) is 45.2 Å². The molecule has 1 aromatic carbocycles. The van der Waals surface area contributed by atoms with Crippen molar-refractivity contribution in [3.63, 3.8) is 0 Å². The minimum atomic E-state index is -0.111. The van der Waals surface area contributed by atoms with Crippen molar-refractivity contribution in [1.29, 1.82) is 0 Å². The number of amides is 1. The number of hydrogen-bond donors (Lipinski definition) is 2. The van der Waals surface area contributed by atoms with E-state index in [9.17, 15) is 4.79 Å². The first-order valence-electron chi connectivity index (χ1n) is 10.9. The highest BCUT2D eigenvalue weighted by Crippen LogP contribution is 2.36. The fourth-order valence-corrected chi connectivity index (χ4v) is 4.36. The summed E-state index contributed by atoms with van der Waals surface area (Å²) < 4.78 is 2.01. The van der Waals surface area contributed by atoms with Gasteiger partial charge in [0, 0.05) is 17.3 Å². The van der Waals surface area contributed by atoms with Crippen molar-refractivity contribution < 1.29 is 4.79 Å². The first-order chi connectivity index (χ1) is 15.6. The molecule has 162 valence electrons. The summed E-state index contributed by atoms with van der Waals surface area (Å²) >= 11 is 0. The van der Waals surface area contributed by atoms with Crippen LogP contribution >= 0.6 is 0 Å². The Labute approximate surface area is 185 Å². The predicted octanol–water partition coefficient (Wildman–Crippen LogP) is 3.82. The smallest absolute Gasteiger partial charge is 0.251 e. The molecular formula is C24H25N7O. The summed E-state index contributed by atoms with van der Waals surface area (Å²) in [4.78, 5) is 25.7. The lowest BCUT2D eigenvalue weighted by Gasteiger charge is -2.10. The fraction of sp³-hybridized carbons (Fsp3) is 0.292. The number of anilines is 1. The molecule has 0 spiro atoms. The van der Waals surface area contributed by atoms with Crippen LogP contribution in [0.5, 0.6) is 0 Å². The number of aryl methyl sites for hydroxylation is 1. The maximum Gasteiger partial charge on any atom is 0.251 e. The number of nitrogens with two attached hydrogens (primary N) is 1. The second kappa shape index (κ2) is 8.37. The number of nitrogen functional groups attached to an aromatic ring is 1. The number of fused-ring (bicyclic) bond motifs is 1. The van der Waals surface area contributed by atoms with E-state index in [1.54, 1.807) is 6.20 Å². The van der Waals surface area contributed by atoms with Crippen molar-refractivity contribution in [1.82, 2.24) is 30.0 Å². The van der Waals surface area contributed by atoms with Gasteiger partial charge in [-0.2, -0.15) is 5.10 Å². The third-order valence-electron chi connectivity index (χ3n) is 6.11. The van der Waals surface area contributed by atoms with E-state index in [1.165, 1.54) is 19.2 Å². The van der Waals surface area contributed by atoms with Gasteiger partial charge in [-0.1, -0.05) is 31.0 Å². The molecule has 0 saturated heterocycles. The zero-order chi connectivity index (χ0) is 22.1. The van der Waals surface area contributed by atoms with Gasteiger partial charge < -0.3 is 11.1 Å². The monoisotopic (exact) mass is 427 g/mol. The molecule has 0 radical (unpaired) electrons. The maximum absolute atomic E-state index is 12.5. The number of carbonyl (C=O) groups is 1. The highest BCUT2D eigenvalue weighted by Gasteiger charge is 2.24. The Bertz CT molecular complexity index is 1270. The molecule has 1 aliphatic carbocycles. The van der Waals surface area contributed by atoms with Crippen molar-refractivity contribution >= 4 is 22.8 Å². The molecule has 1 fully saturated rings. The van der Waals surface area contributed by atoms with Gasteiger partial charge in [-0.15, -0.1) is 0 Å². The molecule has 1 aliphatic rings. The summed E-state index contributed by atoms with van der Waals surface area (Å²) in [6, 6.07) is 11.7. The number of nitrogens with zero attached hydrogens (tertiary/aromatic N) is 5. The summed E-state index contributed by atoms with van der Waals surface area (Å²) in [6.45, 7) is 2.27. The van der Waals surface area contributed by atoms with E-state index in [-0.39, 0.29) is 5.91 Å². The van der Waals surface area contributed by atoms with Crippen LogP contribution in [-0.4, -0.2) is 30.6 Å². The largest absolute Gasteiger partial charge is 0.383 e. The Balaban J connectivity index is 1.39. The van der Waals surface area contributed by atoms with Gasteiger partial charge >= 0.3 is 0 Å². The van der Waals surface area contributed by atoms with Crippen LogP contribution in [0, 0.1) is 6.92 Å². The lowest BCUT2D eigenvalue weighted by molar-refractivity contribution is 0.0950. The molecule has 0 unspecified atom stereocenters. The van der Waals surface area contributed by atoms with Gasteiger partial charge in [-0.3, -0.25) is 9.78 Å². The number of pyridine rings is 1. The Hall–Kier alpha value is -3.81. The van der Waals surface area contributed by atoms with E-state index >= 15 is 0 Å². The molecular weight excluding hydrogens is 402 g/mol. The summed E-state index contributed by atoms with van der Waals surface area (Å²) in [5.41, 5.74) is 11.0. The van der Waals surface area contributed by atoms with E-state index < -0.39 is 0 Å². The van der Waals surface area contributed by atoms with E-state index in [1.807, 2.05) is 48.0 Å². The summed E-state index contributed by atoms with van der Waals surface area (Å²) in [6.07, 6.45) is 7.85. The quantitative estimate of drug-likeness (QED) is 0.501. The Morgan fingerprint density at radius 1 is 1.12 bits per heavy atom. The Morgan fingerprint density at radius 2 is 1.94 bits per heavy atom. The molecule has 0 aliphatic heterocycles. The minimum absolute atomic E-state index is 0.111. The molecule has 0 atom stereocenters. The highest BCUT2D eigenvalue weighted by molar-refractivity contribution is 5.98. The SMILES string of the molecule is Cc1ccccc1C(=O)NCc1ccc(-c2nn(C3CCCC3)c3ncnc(N)c23)cn1. The number of nitrogens with one attached hydrogen (secondary N) is 1. The number of aromatic nitrogens is 5. The number of rotatable bonds is 5. The van der Waals surface area contributed by atoms with Gasteiger partial charge in [-0.05, 0) is 43.5 Å². The molecule has 32 heavy (non-hydrogen) atoms. The molecule has 0 bridgehead atoms. The number of hydrogen-bond acceptors (Lipinski definition) is 6. The van der Waals surface area contributed by atoms with Gasteiger partial charge in [0.1, 0.15) is 17.8 Å². The molecule has 4 aromatic rings. The summed E-state index contributed by atoms with van der Waals surface area (Å²) in [5.74, 6) is 0.309. The third kappa shape index (κ3) is 3.68. The van der Waals surface area contributed by atoms with Crippen LogP contribution in [0.1, 0.15) is 53.3 Å². The van der Waals surface area contributed by atoms with Gasteiger partial charge in [0.15, 0.2) is 5.65 Å². The second-order valence-corrected chi connectivity index (χ2v) is 8.22. The van der Waals surface area contributed by atoms with Gasteiger partial charge in [0.25, 0.3) is 5.91 Å². The molecule has 5 rings (SSSR count). The molecule has 8 heteroatoms. The van der Waals surface area contributed by atoms with E-state index in [0.717, 1.165) is 46.4 Å². The molecule has 3 aromatic heterocycles. The van der Waals surface area contributed by atoms with E-state index in [0.29, 0.717) is 24.0 Å². The van der Waals surface area contributed by atoms with Crippen molar-refractivity contribution in [2.24, 2.45) is 0 Å². The minimum Gasteiger partial charge on any atom is -0.383 e. The number of carbonyl (C=O) groups excluding carboxylic acids is 1. The summed E-state index contributed by atoms with van der Waals surface area (Å²) in [7, 11) is 0. The van der Waals surface area contributed by atoms with Crippen LogP contribution in [0.25, 0.3) is 22.3 Å². The zero-order valence-electron chi connectivity index (χ0n) is 18.0. The number of benzene rings is 1. The maximum atomic E-state index is 12.5. The van der Waals surface area contributed by atoms with E-state index in [4.69, 9.17) is 10.8 Å². The van der Waals surface area contributed by atoms with Crippen molar-refractivity contribution in [3.8, 4) is 11.3 Å². The predicted molar refractivity (Wildman–Crippen MR) is 123 cm³/mol. The lowest BCUT2D eigenvalue weighted by atomic mass is 10.1. The van der Waals surface area contributed by atoms with E-state index in [2.05, 4.69) is 20.3 Å². The van der Waals surface area contributed by atoms with Crippen LogP contribution in [0.2, 0.25) is 0 Å². The lowest BCUT2D eigenvalue weighted by Crippen LogP contribution is -2.24. The van der Waals surface area contributed by atoms with Crippen LogP contribution in [-0.2, 0) is 6.54 Å². The average molecular weight is 428 g/mol. The first kappa shape index (κ1) is 20.1. The van der Waals surface area contributed by atoms with Crippen molar-refractivity contribution in [2.75, 3.05) is 5.73 Å². The molecule has 8 nitrogen and oxygen atoms in total. The topological polar surface area (TPSA) is 112 Å². The zero-order valence-corrected chi connectivity index (χ0v) is 18.0. The third-order valence-corrected chi connectivity index (χ3v) is 6.11. The molecule has 3 N–H and O–H groups in total. The van der Waals surface area contributed by atoms with Gasteiger partial charge in [0.2, 0.25) is 0 Å². The Morgan fingerprint density at radius 3 is 2.69 bits per heavy atom. The molecule has 1 amide bonds. The normalized spacial score (nSPS) is 14.2. The molecule has 1 saturated carbocycles. The first-order valence-corrected chi connectivity index (χ1v) is 10.9. The van der Waals surface area contributed by atoms with Crippen LogP contribution in [0.15, 0.2) is 48.9 Å². The van der Waals surface area contributed by atoms with Gasteiger partial charge in [0.05, 0.1) is 23.7 Å². The standard InChI is InChI=1S/C24H25N7O/c1-15-6-2-5-9-19(15)24(32)27-13-17-11-10-16(12-26-17)21-20-22(25)28-14-29-23(20)31(30-21)18-7-3-4-8-18/h2,5-6,9-12,14,18H,3-4,7-8,13H2,1H3,(H,27,32)(H2,25,28,29). The average Bonchev–Trinajstić information content (AvgIpc) is 3.47. The van der Waals surface area contributed by atoms with Crippen LogP contribution < -0.4 is 11.1 Å². The highest BCUT2D eigenvalue weighted by atomic mass is 16.1. The molecule has 3 heterocycles.